The maximum absolute atomic E-state index is 12.2. The summed E-state index contributed by atoms with van der Waals surface area (Å²) in [4.78, 5) is 14.3. The second-order valence-electron chi connectivity index (χ2n) is 6.68. The molecular weight excluding hydrogens is 324 g/mol. The van der Waals surface area contributed by atoms with Crippen LogP contribution in [0, 0.1) is 0 Å². The third-order valence-corrected chi connectivity index (χ3v) is 4.33. The molecule has 2 unspecified atom stereocenters. The Morgan fingerprint density at radius 1 is 1.50 bits per heavy atom. The molecule has 0 aromatic heterocycles. The Hall–Kier alpha value is -1.52. The Labute approximate surface area is 149 Å². The van der Waals surface area contributed by atoms with Crippen molar-refractivity contribution in [3.63, 3.8) is 0 Å². The van der Waals surface area contributed by atoms with E-state index < -0.39 is 0 Å². The fourth-order valence-corrected chi connectivity index (χ4v) is 3.25. The molecule has 0 saturated carbocycles. The Kier molecular flexibility index (Phi) is 7.13. The van der Waals surface area contributed by atoms with Crippen LogP contribution in [0.25, 0.3) is 0 Å². The zero-order valence-electron chi connectivity index (χ0n) is 14.6. The van der Waals surface area contributed by atoms with E-state index in [0.29, 0.717) is 17.3 Å². The number of carbonyl (C=O) groups is 1. The van der Waals surface area contributed by atoms with Crippen molar-refractivity contribution in [3.8, 4) is 5.75 Å². The molecule has 5 heteroatoms. The van der Waals surface area contributed by atoms with Crippen molar-refractivity contribution in [1.29, 1.82) is 0 Å². The van der Waals surface area contributed by atoms with Crippen LogP contribution in [0.2, 0.25) is 5.02 Å². The van der Waals surface area contributed by atoms with Gasteiger partial charge in [-0.05, 0) is 51.8 Å². The zero-order chi connectivity index (χ0) is 17.5. The normalized spacial score (nSPS) is 19.5. The number of para-hydroxylation sites is 1. The van der Waals surface area contributed by atoms with Gasteiger partial charge in [0.15, 0.2) is 0 Å². The molecule has 1 fully saturated rings. The first-order chi connectivity index (χ1) is 11.4. The molecule has 0 spiro atoms. The van der Waals surface area contributed by atoms with Crippen LogP contribution >= 0.6 is 11.6 Å². The molecule has 0 aliphatic carbocycles. The van der Waals surface area contributed by atoms with Crippen LogP contribution < -0.4 is 10.1 Å². The summed E-state index contributed by atoms with van der Waals surface area (Å²) in [5.74, 6) is 0.771. The Morgan fingerprint density at radius 2 is 2.25 bits per heavy atom. The van der Waals surface area contributed by atoms with E-state index in [2.05, 4.69) is 16.8 Å². The van der Waals surface area contributed by atoms with Gasteiger partial charge in [0, 0.05) is 12.6 Å². The average molecular weight is 351 g/mol. The van der Waals surface area contributed by atoms with Crippen molar-refractivity contribution in [1.82, 2.24) is 10.2 Å². The van der Waals surface area contributed by atoms with Crippen LogP contribution in [0.15, 0.2) is 36.4 Å². The second-order valence-corrected chi connectivity index (χ2v) is 7.08. The molecule has 0 bridgehead atoms. The number of amides is 1. The second kappa shape index (κ2) is 9.09. The number of carbonyl (C=O) groups excluding carboxylic acids is 1. The lowest BCUT2D eigenvalue weighted by Crippen LogP contribution is -2.47. The maximum Gasteiger partial charge on any atom is 0.234 e. The van der Waals surface area contributed by atoms with Crippen LogP contribution in [-0.4, -0.2) is 42.6 Å². The topological polar surface area (TPSA) is 41.6 Å². The molecule has 1 amide bonds. The predicted molar refractivity (Wildman–Crippen MR) is 98.6 cm³/mol. The standard InChI is InChI=1S/C19H27ClN2O2/c1-14(2)11-15(3)21-19(23)13-22-10-6-7-16(12-22)24-18-9-5-4-8-17(18)20/h4-5,8-9,15-16H,1,6-7,10-13H2,2-3H3,(H,21,23). The number of likely N-dealkylation sites (tertiary alicyclic amines) is 1. The fourth-order valence-electron chi connectivity index (χ4n) is 3.07. The zero-order valence-corrected chi connectivity index (χ0v) is 15.3. The minimum atomic E-state index is 0.0575. The van der Waals surface area contributed by atoms with Crippen LogP contribution in [0.4, 0.5) is 0 Å². The maximum atomic E-state index is 12.2. The van der Waals surface area contributed by atoms with E-state index in [4.69, 9.17) is 16.3 Å². The van der Waals surface area contributed by atoms with Gasteiger partial charge in [0.2, 0.25) is 5.91 Å². The number of hydrogen-bond donors (Lipinski definition) is 1. The van der Waals surface area contributed by atoms with Gasteiger partial charge >= 0.3 is 0 Å². The van der Waals surface area contributed by atoms with Gasteiger partial charge in [-0.15, -0.1) is 6.58 Å². The molecule has 2 atom stereocenters. The highest BCUT2D eigenvalue weighted by atomic mass is 35.5. The van der Waals surface area contributed by atoms with E-state index >= 15 is 0 Å². The van der Waals surface area contributed by atoms with Gasteiger partial charge in [-0.2, -0.15) is 0 Å². The van der Waals surface area contributed by atoms with Crippen molar-refractivity contribution in [2.75, 3.05) is 19.6 Å². The summed E-state index contributed by atoms with van der Waals surface area (Å²) in [6.07, 6.45) is 2.88. The summed E-state index contributed by atoms with van der Waals surface area (Å²) in [6.45, 7) is 9.94. The smallest absolute Gasteiger partial charge is 0.234 e. The van der Waals surface area contributed by atoms with Gasteiger partial charge in [-0.3, -0.25) is 9.69 Å². The first-order valence-corrected chi connectivity index (χ1v) is 8.89. The van der Waals surface area contributed by atoms with Crippen LogP contribution in [0.5, 0.6) is 5.75 Å². The lowest BCUT2D eigenvalue weighted by atomic mass is 10.1. The lowest BCUT2D eigenvalue weighted by molar-refractivity contribution is -0.123. The van der Waals surface area contributed by atoms with Gasteiger partial charge in [-0.1, -0.05) is 29.3 Å². The quantitative estimate of drug-likeness (QED) is 0.763. The molecule has 2 rings (SSSR count). The minimum absolute atomic E-state index is 0.0575. The Bertz CT molecular complexity index is 576. The highest BCUT2D eigenvalue weighted by molar-refractivity contribution is 6.32. The van der Waals surface area contributed by atoms with Gasteiger partial charge in [0.1, 0.15) is 11.9 Å². The van der Waals surface area contributed by atoms with Gasteiger partial charge in [-0.25, -0.2) is 0 Å². The summed E-state index contributed by atoms with van der Waals surface area (Å²) in [5, 5.41) is 3.65. The van der Waals surface area contributed by atoms with Crippen LogP contribution in [-0.2, 0) is 4.79 Å². The molecule has 132 valence electrons. The minimum Gasteiger partial charge on any atom is -0.488 e. The number of benzene rings is 1. The molecule has 24 heavy (non-hydrogen) atoms. The molecule has 1 saturated heterocycles. The lowest BCUT2D eigenvalue weighted by Gasteiger charge is -2.32. The van der Waals surface area contributed by atoms with Crippen molar-refractivity contribution in [2.45, 2.75) is 45.3 Å². The number of ether oxygens (including phenoxy) is 1. The van der Waals surface area contributed by atoms with Crippen molar-refractivity contribution in [2.24, 2.45) is 0 Å². The number of nitrogens with zero attached hydrogens (tertiary/aromatic N) is 1. The SMILES string of the molecule is C=C(C)CC(C)NC(=O)CN1CCCC(Oc2ccccc2Cl)C1. The van der Waals surface area contributed by atoms with Gasteiger partial charge in [0.25, 0.3) is 0 Å². The summed E-state index contributed by atoms with van der Waals surface area (Å²) in [5.41, 5.74) is 1.08. The number of hydrogen-bond acceptors (Lipinski definition) is 3. The van der Waals surface area contributed by atoms with E-state index in [-0.39, 0.29) is 18.1 Å². The Balaban J connectivity index is 1.81. The number of nitrogens with one attached hydrogen (secondary N) is 1. The van der Waals surface area contributed by atoms with Crippen molar-refractivity contribution in [3.05, 3.63) is 41.4 Å². The monoisotopic (exact) mass is 350 g/mol. The van der Waals surface area contributed by atoms with Gasteiger partial charge < -0.3 is 10.1 Å². The molecular formula is C19H27ClN2O2. The van der Waals surface area contributed by atoms with Crippen LogP contribution in [0.3, 0.4) is 0 Å². The predicted octanol–water partition coefficient (Wildman–Crippen LogP) is 3.65. The number of piperidine rings is 1. The van der Waals surface area contributed by atoms with Crippen LogP contribution in [0.1, 0.15) is 33.1 Å². The van der Waals surface area contributed by atoms with E-state index in [1.807, 2.05) is 38.1 Å². The molecule has 1 N–H and O–H groups in total. The highest BCUT2D eigenvalue weighted by Crippen LogP contribution is 2.26. The first kappa shape index (κ1) is 18.8. The summed E-state index contributed by atoms with van der Waals surface area (Å²) < 4.78 is 6.01. The summed E-state index contributed by atoms with van der Waals surface area (Å²) in [7, 11) is 0. The fraction of sp³-hybridized carbons (Fsp3) is 0.526. The first-order valence-electron chi connectivity index (χ1n) is 8.51. The molecule has 4 nitrogen and oxygen atoms in total. The molecule has 1 aromatic rings. The average Bonchev–Trinajstić information content (AvgIpc) is 2.49. The summed E-state index contributed by atoms with van der Waals surface area (Å²) >= 11 is 6.15. The molecule has 0 radical (unpaired) electrons. The van der Waals surface area contributed by atoms with Crippen molar-refractivity contribution >= 4 is 17.5 Å². The summed E-state index contributed by atoms with van der Waals surface area (Å²) in [6, 6.07) is 7.63. The molecule has 1 heterocycles. The van der Waals surface area contributed by atoms with Gasteiger partial charge in [0.05, 0.1) is 11.6 Å². The molecule has 1 aromatic carbocycles. The largest absolute Gasteiger partial charge is 0.488 e. The molecule has 1 aliphatic rings. The van der Waals surface area contributed by atoms with E-state index in [1.54, 1.807) is 0 Å². The number of rotatable bonds is 7. The van der Waals surface area contributed by atoms with E-state index in [9.17, 15) is 4.79 Å². The Morgan fingerprint density at radius 3 is 2.96 bits per heavy atom. The van der Waals surface area contributed by atoms with E-state index in [1.165, 1.54) is 0 Å². The highest BCUT2D eigenvalue weighted by Gasteiger charge is 2.23. The number of halogens is 1. The third-order valence-electron chi connectivity index (χ3n) is 4.02. The molecule has 1 aliphatic heterocycles. The third kappa shape index (κ3) is 6.17. The van der Waals surface area contributed by atoms with E-state index in [0.717, 1.165) is 37.9 Å². The van der Waals surface area contributed by atoms with Crippen molar-refractivity contribution < 1.29 is 9.53 Å².